The summed E-state index contributed by atoms with van der Waals surface area (Å²) < 4.78 is 5.47. The Kier molecular flexibility index (Phi) is 2.18. The minimum atomic E-state index is -1.31. The lowest BCUT2D eigenvalue weighted by Gasteiger charge is -2.20. The highest BCUT2D eigenvalue weighted by Gasteiger charge is 2.29. The molecule has 2 rings (SSSR count). The molecule has 1 aliphatic carbocycles. The number of rotatable bonds is 1. The number of hydrogen-bond donors (Lipinski definition) is 2. The van der Waals surface area contributed by atoms with Gasteiger partial charge in [-0.1, -0.05) is 13.0 Å². The first-order valence-corrected chi connectivity index (χ1v) is 4.61. The standard InChI is InChI=1S/C9H13BO3/c1-6-4-8(10(11)12)5-7-2-3-13-9(6)7/h5-6,11-12H,2-4H2,1H3. The third kappa shape index (κ3) is 1.51. The fourth-order valence-electron chi connectivity index (χ4n) is 2.00. The van der Waals surface area contributed by atoms with Crippen molar-refractivity contribution < 1.29 is 14.8 Å². The van der Waals surface area contributed by atoms with Crippen LogP contribution in [0.2, 0.25) is 0 Å². The van der Waals surface area contributed by atoms with E-state index in [1.165, 1.54) is 0 Å². The smallest absolute Gasteiger partial charge is 0.484 e. The maximum Gasteiger partial charge on any atom is 0.484 e. The van der Waals surface area contributed by atoms with Gasteiger partial charge < -0.3 is 14.8 Å². The van der Waals surface area contributed by atoms with Gasteiger partial charge in [0.25, 0.3) is 0 Å². The van der Waals surface area contributed by atoms with Gasteiger partial charge in [-0.15, -0.1) is 0 Å². The van der Waals surface area contributed by atoms with Crippen LogP contribution < -0.4 is 0 Å². The van der Waals surface area contributed by atoms with Gasteiger partial charge in [0.05, 0.1) is 6.61 Å². The zero-order valence-electron chi connectivity index (χ0n) is 7.66. The van der Waals surface area contributed by atoms with Crippen LogP contribution in [0.3, 0.4) is 0 Å². The summed E-state index contributed by atoms with van der Waals surface area (Å²) in [6, 6.07) is 0. The lowest BCUT2D eigenvalue weighted by atomic mass is 9.71. The Hall–Kier alpha value is -0.735. The van der Waals surface area contributed by atoms with Gasteiger partial charge in [0.1, 0.15) is 5.76 Å². The maximum atomic E-state index is 9.04. The molecule has 0 spiro atoms. The first kappa shape index (κ1) is 8.85. The Morgan fingerprint density at radius 2 is 2.31 bits per heavy atom. The molecule has 0 aromatic heterocycles. The fraction of sp³-hybridized carbons (Fsp3) is 0.556. The number of ether oxygens (including phenoxy) is 1. The average molecular weight is 180 g/mol. The third-order valence-electron chi connectivity index (χ3n) is 2.63. The first-order chi connectivity index (χ1) is 6.18. The fourth-order valence-corrected chi connectivity index (χ4v) is 2.00. The van der Waals surface area contributed by atoms with Gasteiger partial charge in [-0.3, -0.25) is 0 Å². The molecule has 1 atom stereocenters. The summed E-state index contributed by atoms with van der Waals surface area (Å²) in [6.45, 7) is 2.79. The molecule has 0 amide bonds. The highest BCUT2D eigenvalue weighted by molar-refractivity contribution is 6.50. The predicted octanol–water partition coefficient (Wildman–Crippen LogP) is 0.639. The Balaban J connectivity index is 2.28. The van der Waals surface area contributed by atoms with Crippen LogP contribution >= 0.6 is 0 Å². The zero-order chi connectivity index (χ0) is 9.42. The molecule has 0 fully saturated rings. The molecule has 0 aromatic rings. The van der Waals surface area contributed by atoms with Crippen LogP contribution in [0.25, 0.3) is 0 Å². The van der Waals surface area contributed by atoms with Gasteiger partial charge in [-0.05, 0) is 17.5 Å². The van der Waals surface area contributed by atoms with E-state index in [-0.39, 0.29) is 0 Å². The highest BCUT2D eigenvalue weighted by atomic mass is 16.5. The lowest BCUT2D eigenvalue weighted by molar-refractivity contribution is 0.210. The second-order valence-electron chi connectivity index (χ2n) is 3.69. The van der Waals surface area contributed by atoms with E-state index in [2.05, 4.69) is 6.92 Å². The van der Waals surface area contributed by atoms with Crippen LogP contribution in [0.1, 0.15) is 19.8 Å². The lowest BCUT2D eigenvalue weighted by Crippen LogP contribution is -2.21. The second-order valence-corrected chi connectivity index (χ2v) is 3.69. The molecule has 3 nitrogen and oxygen atoms in total. The Morgan fingerprint density at radius 1 is 1.54 bits per heavy atom. The van der Waals surface area contributed by atoms with Crippen molar-refractivity contribution in [1.29, 1.82) is 0 Å². The van der Waals surface area contributed by atoms with Crippen molar-refractivity contribution in [2.45, 2.75) is 19.8 Å². The van der Waals surface area contributed by atoms with E-state index in [0.717, 1.165) is 24.4 Å². The van der Waals surface area contributed by atoms with E-state index in [9.17, 15) is 0 Å². The summed E-state index contributed by atoms with van der Waals surface area (Å²) in [6.07, 6.45) is 3.46. The minimum Gasteiger partial charge on any atom is -0.497 e. The van der Waals surface area contributed by atoms with Crippen LogP contribution in [0.5, 0.6) is 0 Å². The molecule has 2 aliphatic rings. The van der Waals surface area contributed by atoms with E-state index < -0.39 is 7.12 Å². The summed E-state index contributed by atoms with van der Waals surface area (Å²) >= 11 is 0. The van der Waals surface area contributed by atoms with Crippen LogP contribution in [0.15, 0.2) is 22.9 Å². The van der Waals surface area contributed by atoms with Crippen molar-refractivity contribution in [2.75, 3.05) is 6.61 Å². The van der Waals surface area contributed by atoms with E-state index in [1.54, 1.807) is 0 Å². The van der Waals surface area contributed by atoms with Gasteiger partial charge in [0, 0.05) is 12.3 Å². The van der Waals surface area contributed by atoms with E-state index in [1.807, 2.05) is 6.08 Å². The van der Waals surface area contributed by atoms with Crippen LogP contribution in [0, 0.1) is 5.92 Å². The monoisotopic (exact) mass is 180 g/mol. The molecule has 0 saturated heterocycles. The molecule has 1 heterocycles. The molecular formula is C9H13BO3. The Bertz CT molecular complexity index is 281. The van der Waals surface area contributed by atoms with Crippen LogP contribution in [-0.2, 0) is 4.74 Å². The quantitative estimate of drug-likeness (QED) is 0.582. The molecule has 0 aromatic carbocycles. The second kappa shape index (κ2) is 3.20. The van der Waals surface area contributed by atoms with E-state index in [0.29, 0.717) is 17.8 Å². The first-order valence-electron chi connectivity index (χ1n) is 4.61. The molecule has 1 aliphatic heterocycles. The molecule has 13 heavy (non-hydrogen) atoms. The topological polar surface area (TPSA) is 49.7 Å². The summed E-state index contributed by atoms with van der Waals surface area (Å²) in [7, 11) is -1.31. The van der Waals surface area contributed by atoms with Crippen molar-refractivity contribution in [1.82, 2.24) is 0 Å². The van der Waals surface area contributed by atoms with Gasteiger partial charge in [0.15, 0.2) is 0 Å². The normalized spacial score (nSPS) is 26.7. The van der Waals surface area contributed by atoms with Crippen molar-refractivity contribution in [2.24, 2.45) is 5.92 Å². The van der Waals surface area contributed by atoms with Crippen molar-refractivity contribution in [3.63, 3.8) is 0 Å². The molecular weight excluding hydrogens is 167 g/mol. The zero-order valence-corrected chi connectivity index (χ0v) is 7.66. The summed E-state index contributed by atoms with van der Waals surface area (Å²) in [5.41, 5.74) is 1.85. The molecule has 1 unspecified atom stereocenters. The average Bonchev–Trinajstić information content (AvgIpc) is 2.51. The third-order valence-corrected chi connectivity index (χ3v) is 2.63. The van der Waals surface area contributed by atoms with Crippen molar-refractivity contribution >= 4 is 7.12 Å². The molecule has 2 N–H and O–H groups in total. The number of hydrogen-bond acceptors (Lipinski definition) is 3. The molecule has 4 heteroatoms. The summed E-state index contributed by atoms with van der Waals surface area (Å²) in [4.78, 5) is 0. The van der Waals surface area contributed by atoms with Gasteiger partial charge in [-0.25, -0.2) is 0 Å². The van der Waals surface area contributed by atoms with E-state index in [4.69, 9.17) is 14.8 Å². The molecule has 0 bridgehead atoms. The molecule has 0 radical (unpaired) electrons. The summed E-state index contributed by atoms with van der Waals surface area (Å²) in [5, 5.41) is 18.1. The maximum absolute atomic E-state index is 9.04. The Morgan fingerprint density at radius 3 is 3.00 bits per heavy atom. The van der Waals surface area contributed by atoms with Gasteiger partial charge >= 0.3 is 7.12 Å². The van der Waals surface area contributed by atoms with Gasteiger partial charge in [0.2, 0.25) is 0 Å². The minimum absolute atomic E-state index is 0.291. The summed E-state index contributed by atoms with van der Waals surface area (Å²) in [5.74, 6) is 1.34. The SMILES string of the molecule is CC1CC(B(O)O)=CC2=C1OCC2. The van der Waals surface area contributed by atoms with E-state index >= 15 is 0 Å². The van der Waals surface area contributed by atoms with Crippen LogP contribution in [0.4, 0.5) is 0 Å². The largest absolute Gasteiger partial charge is 0.497 e. The van der Waals surface area contributed by atoms with Crippen molar-refractivity contribution in [3.05, 3.63) is 22.9 Å². The highest BCUT2D eigenvalue weighted by Crippen LogP contribution is 2.35. The molecule has 0 saturated carbocycles. The number of allylic oxidation sites excluding steroid dienone is 3. The molecule has 70 valence electrons. The Labute approximate surface area is 77.9 Å². The van der Waals surface area contributed by atoms with Gasteiger partial charge in [-0.2, -0.15) is 0 Å². The van der Waals surface area contributed by atoms with Crippen LogP contribution in [-0.4, -0.2) is 23.8 Å². The van der Waals surface area contributed by atoms with Crippen molar-refractivity contribution in [3.8, 4) is 0 Å². The predicted molar refractivity (Wildman–Crippen MR) is 49.7 cm³/mol.